The van der Waals surface area contributed by atoms with Crippen LogP contribution in [0.5, 0.6) is 5.75 Å². The molecule has 3 aromatic rings. The summed E-state index contributed by atoms with van der Waals surface area (Å²) >= 11 is 12.3. The molecule has 3 aromatic carbocycles. The Morgan fingerprint density at radius 3 is 2.25 bits per heavy atom. The first kappa shape index (κ1) is 23.3. The minimum absolute atomic E-state index is 0.222. The summed E-state index contributed by atoms with van der Waals surface area (Å²) in [7, 11) is 0. The average molecular weight is 474 g/mol. The van der Waals surface area contributed by atoms with E-state index < -0.39 is 24.3 Å². The predicted octanol–water partition coefficient (Wildman–Crippen LogP) is 5.91. The van der Waals surface area contributed by atoms with Gasteiger partial charge in [-0.25, -0.2) is 9.18 Å². The van der Waals surface area contributed by atoms with Gasteiger partial charge in [-0.05, 0) is 60.2 Å². The van der Waals surface area contributed by atoms with Crippen LogP contribution in [0.4, 0.5) is 10.1 Å². The van der Waals surface area contributed by atoms with Crippen molar-refractivity contribution in [2.75, 3.05) is 11.9 Å². The minimum Gasteiger partial charge on any atom is -0.489 e. The lowest BCUT2D eigenvalue weighted by molar-refractivity contribution is -0.142. The van der Waals surface area contributed by atoms with Gasteiger partial charge in [0, 0.05) is 27.4 Å². The molecule has 8 heteroatoms. The van der Waals surface area contributed by atoms with Crippen molar-refractivity contribution >= 4 is 46.8 Å². The SMILES string of the molecule is O=C(COC(=O)/C=C/c1ccc(OCc2c(Cl)cccc2Cl)cc1)Nc1ccc(F)cc1. The van der Waals surface area contributed by atoms with Crippen molar-refractivity contribution in [2.45, 2.75) is 6.61 Å². The van der Waals surface area contributed by atoms with Gasteiger partial charge < -0.3 is 14.8 Å². The number of hydrogen-bond acceptors (Lipinski definition) is 4. The van der Waals surface area contributed by atoms with Gasteiger partial charge in [0.05, 0.1) is 0 Å². The van der Waals surface area contributed by atoms with Crippen molar-refractivity contribution in [2.24, 2.45) is 0 Å². The van der Waals surface area contributed by atoms with Gasteiger partial charge in [0.25, 0.3) is 5.91 Å². The first-order chi connectivity index (χ1) is 15.4. The Hall–Kier alpha value is -3.35. The molecule has 0 aliphatic rings. The number of hydrogen-bond donors (Lipinski definition) is 1. The van der Waals surface area contributed by atoms with E-state index in [1.807, 2.05) is 0 Å². The third-order valence-corrected chi connectivity index (χ3v) is 4.92. The summed E-state index contributed by atoms with van der Waals surface area (Å²) in [6.45, 7) is -0.238. The van der Waals surface area contributed by atoms with E-state index >= 15 is 0 Å². The van der Waals surface area contributed by atoms with Crippen LogP contribution < -0.4 is 10.1 Å². The summed E-state index contributed by atoms with van der Waals surface area (Å²) in [5.74, 6) is -1.01. The summed E-state index contributed by atoms with van der Waals surface area (Å²) in [5, 5.41) is 3.56. The number of esters is 1. The highest BCUT2D eigenvalue weighted by Gasteiger charge is 2.07. The molecule has 0 saturated carbocycles. The van der Waals surface area contributed by atoms with Crippen LogP contribution in [-0.2, 0) is 20.9 Å². The molecule has 0 radical (unpaired) electrons. The molecule has 0 unspecified atom stereocenters. The highest BCUT2D eigenvalue weighted by Crippen LogP contribution is 2.26. The molecule has 164 valence electrons. The second-order valence-electron chi connectivity index (χ2n) is 6.55. The topological polar surface area (TPSA) is 64.6 Å². The van der Waals surface area contributed by atoms with Crippen molar-refractivity contribution in [1.29, 1.82) is 0 Å². The lowest BCUT2D eigenvalue weighted by Crippen LogP contribution is -2.20. The second-order valence-corrected chi connectivity index (χ2v) is 7.37. The second kappa shape index (κ2) is 11.3. The summed E-state index contributed by atoms with van der Waals surface area (Å²) < 4.78 is 23.5. The number of rotatable bonds is 8. The highest BCUT2D eigenvalue weighted by atomic mass is 35.5. The van der Waals surface area contributed by atoms with Crippen molar-refractivity contribution in [3.8, 4) is 5.75 Å². The molecule has 0 aliphatic carbocycles. The van der Waals surface area contributed by atoms with Gasteiger partial charge in [0.1, 0.15) is 18.2 Å². The molecular weight excluding hydrogens is 456 g/mol. The number of carbonyl (C=O) groups excluding carboxylic acids is 2. The normalized spacial score (nSPS) is 10.7. The Morgan fingerprint density at radius 2 is 1.59 bits per heavy atom. The molecule has 0 bridgehead atoms. The van der Waals surface area contributed by atoms with Crippen LogP contribution in [0, 0.1) is 5.82 Å². The molecule has 5 nitrogen and oxygen atoms in total. The quantitative estimate of drug-likeness (QED) is 0.326. The monoisotopic (exact) mass is 473 g/mol. The zero-order valence-electron chi connectivity index (χ0n) is 16.7. The maximum absolute atomic E-state index is 12.9. The predicted molar refractivity (Wildman–Crippen MR) is 122 cm³/mol. The maximum atomic E-state index is 12.9. The van der Waals surface area contributed by atoms with Gasteiger partial charge in [-0.2, -0.15) is 0 Å². The molecule has 0 aliphatic heterocycles. The van der Waals surface area contributed by atoms with Gasteiger partial charge in [-0.3, -0.25) is 4.79 Å². The molecule has 0 spiro atoms. The van der Waals surface area contributed by atoms with Crippen LogP contribution in [0.25, 0.3) is 6.08 Å². The number of ether oxygens (including phenoxy) is 2. The summed E-state index contributed by atoms with van der Waals surface area (Å²) in [6.07, 6.45) is 2.76. The van der Waals surface area contributed by atoms with Crippen LogP contribution in [0.1, 0.15) is 11.1 Å². The minimum atomic E-state index is -0.673. The highest BCUT2D eigenvalue weighted by molar-refractivity contribution is 6.35. The standard InChI is InChI=1S/C24H18Cl2FNO4/c25-21-2-1-3-22(26)20(21)14-31-19-11-4-16(5-12-19)6-13-24(30)32-15-23(29)28-18-9-7-17(27)8-10-18/h1-13H,14-15H2,(H,28,29)/b13-6+. The summed E-state index contributed by atoms with van der Waals surface area (Å²) in [5.41, 5.74) is 1.84. The lowest BCUT2D eigenvalue weighted by atomic mass is 10.2. The largest absolute Gasteiger partial charge is 0.489 e. The Bertz CT molecular complexity index is 1100. The van der Waals surface area contributed by atoms with E-state index in [1.54, 1.807) is 48.5 Å². The van der Waals surface area contributed by atoms with Crippen LogP contribution >= 0.6 is 23.2 Å². The van der Waals surface area contributed by atoms with Crippen LogP contribution in [0.15, 0.2) is 72.8 Å². The van der Waals surface area contributed by atoms with Crippen molar-refractivity contribution in [3.05, 3.63) is 99.8 Å². The Kier molecular flexibility index (Phi) is 8.25. The molecule has 0 heterocycles. The van der Waals surface area contributed by atoms with Gasteiger partial charge in [-0.1, -0.05) is 41.4 Å². The number of carbonyl (C=O) groups is 2. The third kappa shape index (κ3) is 7.11. The smallest absolute Gasteiger partial charge is 0.331 e. The van der Waals surface area contributed by atoms with Crippen LogP contribution in [0.2, 0.25) is 10.0 Å². The zero-order valence-corrected chi connectivity index (χ0v) is 18.2. The lowest BCUT2D eigenvalue weighted by Gasteiger charge is -2.09. The van der Waals surface area contributed by atoms with Gasteiger partial charge in [0.2, 0.25) is 0 Å². The maximum Gasteiger partial charge on any atom is 0.331 e. The summed E-state index contributed by atoms with van der Waals surface area (Å²) in [4.78, 5) is 23.6. The van der Waals surface area contributed by atoms with Gasteiger partial charge in [0.15, 0.2) is 6.61 Å². The molecule has 1 amide bonds. The van der Waals surface area contributed by atoms with E-state index in [0.29, 0.717) is 27.0 Å². The van der Waals surface area contributed by atoms with E-state index in [9.17, 15) is 14.0 Å². The molecule has 32 heavy (non-hydrogen) atoms. The fraction of sp³-hybridized carbons (Fsp3) is 0.0833. The number of anilines is 1. The van der Waals surface area contributed by atoms with Gasteiger partial charge in [-0.15, -0.1) is 0 Å². The zero-order chi connectivity index (χ0) is 22.9. The van der Waals surface area contributed by atoms with Crippen molar-refractivity contribution in [1.82, 2.24) is 0 Å². The number of amides is 1. The van der Waals surface area contributed by atoms with Crippen molar-refractivity contribution < 1.29 is 23.5 Å². The van der Waals surface area contributed by atoms with E-state index in [-0.39, 0.29) is 6.61 Å². The molecular formula is C24H18Cl2FNO4. The third-order valence-electron chi connectivity index (χ3n) is 4.21. The molecule has 1 N–H and O–H groups in total. The molecule has 0 aromatic heterocycles. The van der Waals surface area contributed by atoms with Gasteiger partial charge >= 0.3 is 5.97 Å². The average Bonchev–Trinajstić information content (AvgIpc) is 2.78. The fourth-order valence-electron chi connectivity index (χ4n) is 2.58. The molecule has 0 saturated heterocycles. The number of halogens is 3. The van der Waals surface area contributed by atoms with E-state index in [0.717, 1.165) is 5.56 Å². The first-order valence-corrected chi connectivity index (χ1v) is 10.2. The Labute approximate surface area is 194 Å². The number of nitrogens with one attached hydrogen (secondary N) is 1. The van der Waals surface area contributed by atoms with Crippen molar-refractivity contribution in [3.63, 3.8) is 0 Å². The first-order valence-electron chi connectivity index (χ1n) is 9.47. The molecule has 3 rings (SSSR count). The van der Waals surface area contributed by atoms with E-state index in [2.05, 4.69) is 5.32 Å². The number of benzene rings is 3. The molecule has 0 atom stereocenters. The Balaban J connectivity index is 1.45. The van der Waals surface area contributed by atoms with Crippen LogP contribution in [-0.4, -0.2) is 18.5 Å². The van der Waals surface area contributed by atoms with E-state index in [4.69, 9.17) is 32.7 Å². The van der Waals surface area contributed by atoms with Crippen LogP contribution in [0.3, 0.4) is 0 Å². The fourth-order valence-corrected chi connectivity index (χ4v) is 3.09. The summed E-state index contributed by atoms with van der Waals surface area (Å²) in [6, 6.07) is 17.5. The Morgan fingerprint density at radius 1 is 0.938 bits per heavy atom. The molecule has 0 fully saturated rings. The van der Waals surface area contributed by atoms with E-state index in [1.165, 1.54) is 30.3 Å².